The van der Waals surface area contributed by atoms with E-state index in [4.69, 9.17) is 15.3 Å². The maximum atomic E-state index is 10.7. The summed E-state index contributed by atoms with van der Waals surface area (Å²) in [5.74, 6) is -4.87. The quantitative estimate of drug-likeness (QED) is 0.464. The Balaban J connectivity index is 5.04. The van der Waals surface area contributed by atoms with Gasteiger partial charge in [-0.1, -0.05) is 0 Å². The first-order valence-corrected chi connectivity index (χ1v) is 4.57. The van der Waals surface area contributed by atoms with Crippen LogP contribution in [0.1, 0.15) is 12.8 Å². The fourth-order valence-electron chi connectivity index (χ4n) is 0.928. The van der Waals surface area contributed by atoms with Crippen LogP contribution in [0.5, 0.6) is 0 Å². The normalized spacial score (nSPS) is 10.1. The number of aliphatic carboxylic acids is 3. The molecule has 0 bridgehead atoms. The van der Waals surface area contributed by atoms with Crippen LogP contribution < -0.4 is 0 Å². The van der Waals surface area contributed by atoms with E-state index in [2.05, 4.69) is 3.79 Å². The third-order valence-corrected chi connectivity index (χ3v) is 2.08. The van der Waals surface area contributed by atoms with E-state index in [0.717, 1.165) is 0 Å². The van der Waals surface area contributed by atoms with Crippen molar-refractivity contribution in [1.29, 1.82) is 0 Å². The average Bonchev–Trinajstić information content (AvgIpc) is 2.01. The van der Waals surface area contributed by atoms with Gasteiger partial charge in [0.15, 0.2) is 0 Å². The summed E-state index contributed by atoms with van der Waals surface area (Å²) >= 11 is -2.02. The molecule has 0 radical (unpaired) electrons. The fourth-order valence-corrected chi connectivity index (χ4v) is 1.38. The second kappa shape index (κ2) is 5.43. The number of hydrogen-bond donors (Lipinski definition) is 3. The Morgan fingerprint density at radius 2 is 1.47 bits per heavy atom. The SMILES string of the molecule is [O]=[Al][O]C(CC(=O)O)(CC(=O)O)C(=O)O. The summed E-state index contributed by atoms with van der Waals surface area (Å²) in [6.45, 7) is 0. The first kappa shape index (κ1) is 13.5. The zero-order valence-electron chi connectivity index (χ0n) is 7.37. The van der Waals surface area contributed by atoms with E-state index in [1.807, 2.05) is 0 Å². The van der Waals surface area contributed by atoms with Crippen molar-refractivity contribution in [1.82, 2.24) is 0 Å². The molecule has 0 rings (SSSR count). The zero-order chi connectivity index (χ0) is 12.1. The Hall–Kier alpha value is -1.46. The van der Waals surface area contributed by atoms with E-state index < -0.39 is 51.8 Å². The van der Waals surface area contributed by atoms with Gasteiger partial charge in [-0.3, -0.25) is 0 Å². The van der Waals surface area contributed by atoms with Gasteiger partial charge in [0.05, 0.1) is 0 Å². The minimum absolute atomic E-state index is 1.07. The van der Waals surface area contributed by atoms with E-state index in [0.29, 0.717) is 0 Å². The summed E-state index contributed by atoms with van der Waals surface area (Å²) in [4.78, 5) is 31.4. The van der Waals surface area contributed by atoms with Crippen LogP contribution in [-0.4, -0.2) is 54.3 Å². The van der Waals surface area contributed by atoms with E-state index in [1.54, 1.807) is 0 Å². The molecule has 15 heavy (non-hydrogen) atoms. The molecule has 0 saturated heterocycles. The van der Waals surface area contributed by atoms with Gasteiger partial charge in [0.2, 0.25) is 0 Å². The van der Waals surface area contributed by atoms with Crippen molar-refractivity contribution in [3.63, 3.8) is 0 Å². The standard InChI is InChI=1S/C6H7O7.Al.O/c7-3(8)1-6(13,5(11)12)2-4(9)10;;/h1-2H2,(H,7,8)(H,9,10)(H,11,12);;/q-1;+1;. The molecule has 0 spiro atoms. The monoisotopic (exact) mass is 234 g/mol. The van der Waals surface area contributed by atoms with Crippen LogP contribution in [0, 0.1) is 0 Å². The average molecular weight is 234 g/mol. The molecule has 0 heterocycles. The number of hydrogen-bond acceptors (Lipinski definition) is 5. The molecule has 0 unspecified atom stereocenters. The van der Waals surface area contributed by atoms with Gasteiger partial charge in [-0.25, -0.2) is 0 Å². The van der Waals surface area contributed by atoms with Gasteiger partial charge >= 0.3 is 89.1 Å². The summed E-state index contributed by atoms with van der Waals surface area (Å²) in [5, 5.41) is 25.5. The van der Waals surface area contributed by atoms with Crippen LogP contribution in [0.15, 0.2) is 0 Å². The van der Waals surface area contributed by atoms with Crippen LogP contribution >= 0.6 is 0 Å². The predicted molar refractivity (Wildman–Crippen MR) is 42.4 cm³/mol. The molecule has 8 nitrogen and oxygen atoms in total. The molecular formula is C6H7AlO8. The molecule has 0 atom stereocenters. The molecule has 0 fully saturated rings. The van der Waals surface area contributed by atoms with Gasteiger partial charge in [-0.15, -0.1) is 0 Å². The van der Waals surface area contributed by atoms with Gasteiger partial charge in [0.25, 0.3) is 0 Å². The van der Waals surface area contributed by atoms with Gasteiger partial charge in [0, 0.05) is 0 Å². The topological polar surface area (TPSA) is 138 Å². The molecular weight excluding hydrogens is 227 g/mol. The molecule has 0 aromatic carbocycles. The molecule has 0 saturated carbocycles. The van der Waals surface area contributed by atoms with E-state index in [9.17, 15) is 18.2 Å². The van der Waals surface area contributed by atoms with Crippen molar-refractivity contribution in [3.05, 3.63) is 0 Å². The van der Waals surface area contributed by atoms with Gasteiger partial charge in [0.1, 0.15) is 0 Å². The van der Waals surface area contributed by atoms with Crippen molar-refractivity contribution in [2.24, 2.45) is 0 Å². The summed E-state index contributed by atoms with van der Waals surface area (Å²) in [5.41, 5.74) is -2.46. The van der Waals surface area contributed by atoms with Crippen molar-refractivity contribution in [3.8, 4) is 0 Å². The summed E-state index contributed by atoms with van der Waals surface area (Å²) in [7, 11) is 0. The van der Waals surface area contributed by atoms with Crippen LogP contribution in [0.4, 0.5) is 0 Å². The van der Waals surface area contributed by atoms with E-state index >= 15 is 0 Å². The predicted octanol–water partition coefficient (Wildman–Crippen LogP) is -1.26. The second-order valence-corrected chi connectivity index (χ2v) is 3.08. The second-order valence-electron chi connectivity index (χ2n) is 2.65. The first-order valence-electron chi connectivity index (χ1n) is 3.62. The van der Waals surface area contributed by atoms with E-state index in [-0.39, 0.29) is 0 Å². The maximum absolute atomic E-state index is 10.7. The number of carboxylic acids is 3. The Kier molecular flexibility index (Phi) is 4.90. The summed E-state index contributed by atoms with van der Waals surface area (Å²) < 4.78 is 14.5. The Bertz CT molecular complexity index is 282. The third-order valence-electron chi connectivity index (χ3n) is 1.54. The first-order chi connectivity index (χ1) is 6.84. The molecule has 0 aliphatic carbocycles. The van der Waals surface area contributed by atoms with Crippen molar-refractivity contribution < 1.29 is 37.3 Å². The molecule has 3 N–H and O–H groups in total. The molecule has 0 amide bonds. The third kappa shape index (κ3) is 4.05. The molecule has 0 aromatic heterocycles. The molecule has 0 aliphatic rings. The van der Waals surface area contributed by atoms with Crippen molar-refractivity contribution >= 4 is 33.4 Å². The van der Waals surface area contributed by atoms with Gasteiger partial charge in [-0.05, 0) is 0 Å². The van der Waals surface area contributed by atoms with Crippen LogP contribution in [0.3, 0.4) is 0 Å². The molecule has 0 aliphatic heterocycles. The number of rotatable bonds is 7. The van der Waals surface area contributed by atoms with Gasteiger partial charge in [-0.2, -0.15) is 0 Å². The number of carboxylic acid groups (broad SMARTS) is 3. The van der Waals surface area contributed by atoms with Crippen molar-refractivity contribution in [2.45, 2.75) is 18.4 Å². The Morgan fingerprint density at radius 3 is 1.67 bits per heavy atom. The number of carbonyl (C=O) groups is 3. The minimum atomic E-state index is -2.46. The molecule has 82 valence electrons. The van der Waals surface area contributed by atoms with Crippen LogP contribution in [0.25, 0.3) is 0 Å². The van der Waals surface area contributed by atoms with Gasteiger partial charge < -0.3 is 0 Å². The molecule has 9 heteroatoms. The van der Waals surface area contributed by atoms with Crippen molar-refractivity contribution in [2.75, 3.05) is 0 Å². The van der Waals surface area contributed by atoms with Crippen LogP contribution in [-0.2, 0) is 22.0 Å². The van der Waals surface area contributed by atoms with Crippen LogP contribution in [0.2, 0.25) is 0 Å². The summed E-state index contributed by atoms with van der Waals surface area (Å²) in [6, 6.07) is 0. The zero-order valence-corrected chi connectivity index (χ0v) is 8.53. The van der Waals surface area contributed by atoms with E-state index in [1.165, 1.54) is 0 Å². The molecule has 0 aromatic rings. The Labute approximate surface area is 89.7 Å². The summed E-state index contributed by atoms with van der Waals surface area (Å²) in [6.07, 6.45) is -2.13. The Morgan fingerprint density at radius 1 is 1.07 bits per heavy atom. The fraction of sp³-hybridized carbons (Fsp3) is 0.500.